The number of thiocarbonyl (C=S) groups is 1. The minimum atomic E-state index is -3.29. The second kappa shape index (κ2) is 5.81. The average Bonchev–Trinajstić information content (AvgIpc) is 2.78. The molecule has 7 heteroatoms. The highest BCUT2D eigenvalue weighted by molar-refractivity contribution is 7.92. The van der Waals surface area contributed by atoms with Crippen molar-refractivity contribution < 1.29 is 8.42 Å². The Morgan fingerprint density at radius 1 is 1.22 bits per heavy atom. The lowest BCUT2D eigenvalue weighted by molar-refractivity contribution is 0.169. The van der Waals surface area contributed by atoms with Gasteiger partial charge in [0.25, 0.3) is 0 Å². The minimum absolute atomic E-state index is 0.0522. The highest BCUT2D eigenvalue weighted by Gasteiger charge is 2.34. The smallest absolute Gasteiger partial charge is 0.220 e. The van der Waals surface area contributed by atoms with Crippen LogP contribution in [0.5, 0.6) is 0 Å². The molecule has 2 N–H and O–H groups in total. The third kappa shape index (κ3) is 3.40. The van der Waals surface area contributed by atoms with E-state index in [1.165, 1.54) is 19.3 Å². The summed E-state index contributed by atoms with van der Waals surface area (Å²) in [5.74, 6) is -0.199. The quantitative estimate of drug-likeness (QED) is 0.748. The molecule has 104 valence electrons. The standard InChI is InChI=1S/C11H21N3O2S2/c12-11(17)9-18(15,16)14-7-4-10(8-14)13-5-2-1-3-6-13/h10H,1-9H2,(H2,12,17). The molecule has 0 radical (unpaired) electrons. The summed E-state index contributed by atoms with van der Waals surface area (Å²) in [5, 5.41) is 0. The first kappa shape index (κ1) is 14.2. The molecule has 18 heavy (non-hydrogen) atoms. The first-order valence-corrected chi connectivity index (χ1v) is 8.51. The van der Waals surface area contributed by atoms with Crippen LogP contribution in [0.25, 0.3) is 0 Å². The lowest BCUT2D eigenvalue weighted by Gasteiger charge is -2.32. The molecule has 2 fully saturated rings. The Morgan fingerprint density at radius 3 is 2.50 bits per heavy atom. The van der Waals surface area contributed by atoms with Crippen LogP contribution in [-0.2, 0) is 10.0 Å². The van der Waals surface area contributed by atoms with Crippen LogP contribution in [0.2, 0.25) is 0 Å². The summed E-state index contributed by atoms with van der Waals surface area (Å²) in [7, 11) is -3.29. The van der Waals surface area contributed by atoms with Crippen molar-refractivity contribution in [3.8, 4) is 0 Å². The predicted octanol–water partition coefficient (Wildman–Crippen LogP) is 0.163. The third-order valence-corrected chi connectivity index (χ3v) is 5.87. The van der Waals surface area contributed by atoms with Gasteiger partial charge in [-0.15, -0.1) is 0 Å². The summed E-state index contributed by atoms with van der Waals surface area (Å²) >= 11 is 4.70. The van der Waals surface area contributed by atoms with Gasteiger partial charge in [0, 0.05) is 19.1 Å². The molecule has 2 heterocycles. The topological polar surface area (TPSA) is 66.6 Å². The van der Waals surface area contributed by atoms with Crippen molar-refractivity contribution in [3.05, 3.63) is 0 Å². The van der Waals surface area contributed by atoms with Gasteiger partial charge in [-0.25, -0.2) is 8.42 Å². The number of nitrogens with zero attached hydrogens (tertiary/aromatic N) is 2. The van der Waals surface area contributed by atoms with E-state index in [2.05, 4.69) is 4.90 Å². The maximum absolute atomic E-state index is 12.0. The second-order valence-electron chi connectivity index (χ2n) is 5.12. The Hall–Kier alpha value is -0.240. The molecule has 0 aromatic rings. The molecular weight excluding hydrogens is 270 g/mol. The lowest BCUT2D eigenvalue weighted by atomic mass is 10.1. The van der Waals surface area contributed by atoms with E-state index in [1.54, 1.807) is 4.31 Å². The molecule has 0 saturated carbocycles. The van der Waals surface area contributed by atoms with Crippen molar-refractivity contribution in [1.29, 1.82) is 0 Å². The molecule has 0 spiro atoms. The number of sulfonamides is 1. The zero-order chi connectivity index (χ0) is 13.2. The van der Waals surface area contributed by atoms with Crippen LogP contribution in [0.4, 0.5) is 0 Å². The third-order valence-electron chi connectivity index (χ3n) is 3.75. The molecule has 0 aromatic heterocycles. The van der Waals surface area contributed by atoms with Crippen LogP contribution >= 0.6 is 12.2 Å². The molecule has 0 aromatic carbocycles. The molecule has 2 aliphatic rings. The van der Waals surface area contributed by atoms with Crippen molar-refractivity contribution >= 4 is 27.2 Å². The Labute approximate surface area is 114 Å². The van der Waals surface area contributed by atoms with Crippen molar-refractivity contribution in [2.75, 3.05) is 31.9 Å². The summed E-state index contributed by atoms with van der Waals surface area (Å²) in [6.45, 7) is 3.42. The van der Waals surface area contributed by atoms with Crippen LogP contribution in [-0.4, -0.2) is 60.6 Å². The SMILES string of the molecule is NC(=S)CS(=O)(=O)N1CCC(N2CCCCC2)C1. The van der Waals surface area contributed by atoms with Crippen LogP contribution in [0, 0.1) is 0 Å². The van der Waals surface area contributed by atoms with Gasteiger partial charge >= 0.3 is 0 Å². The second-order valence-corrected chi connectivity index (χ2v) is 7.61. The molecule has 1 unspecified atom stereocenters. The van der Waals surface area contributed by atoms with E-state index >= 15 is 0 Å². The number of piperidine rings is 1. The Bertz CT molecular complexity index is 405. The zero-order valence-electron chi connectivity index (χ0n) is 10.5. The zero-order valence-corrected chi connectivity index (χ0v) is 12.2. The first-order chi connectivity index (χ1) is 8.49. The van der Waals surface area contributed by atoms with E-state index < -0.39 is 10.0 Å². The monoisotopic (exact) mass is 291 g/mol. The van der Waals surface area contributed by atoms with Crippen LogP contribution in [0.1, 0.15) is 25.7 Å². The average molecular weight is 291 g/mol. The Balaban J connectivity index is 1.93. The molecule has 2 saturated heterocycles. The van der Waals surface area contributed by atoms with Crippen molar-refractivity contribution in [2.45, 2.75) is 31.7 Å². The first-order valence-electron chi connectivity index (χ1n) is 6.49. The summed E-state index contributed by atoms with van der Waals surface area (Å²) in [4.78, 5) is 2.48. The van der Waals surface area contributed by atoms with Gasteiger partial charge in [-0.3, -0.25) is 4.90 Å². The number of nitrogens with two attached hydrogens (primary N) is 1. The summed E-state index contributed by atoms with van der Waals surface area (Å²) in [6.07, 6.45) is 4.69. The molecule has 2 rings (SSSR count). The maximum Gasteiger partial charge on any atom is 0.220 e. The van der Waals surface area contributed by atoms with E-state index in [-0.39, 0.29) is 10.7 Å². The minimum Gasteiger partial charge on any atom is -0.392 e. The lowest BCUT2D eigenvalue weighted by Crippen LogP contribution is -2.42. The molecule has 0 aliphatic carbocycles. The van der Waals surface area contributed by atoms with Gasteiger partial charge in [-0.1, -0.05) is 18.6 Å². The highest BCUT2D eigenvalue weighted by atomic mass is 32.2. The largest absolute Gasteiger partial charge is 0.392 e. The van der Waals surface area contributed by atoms with Crippen LogP contribution < -0.4 is 5.73 Å². The van der Waals surface area contributed by atoms with Crippen molar-refractivity contribution in [3.63, 3.8) is 0 Å². The number of hydrogen-bond donors (Lipinski definition) is 1. The normalized spacial score (nSPS) is 27.4. The van der Waals surface area contributed by atoms with Gasteiger partial charge in [-0.2, -0.15) is 4.31 Å². The highest BCUT2D eigenvalue weighted by Crippen LogP contribution is 2.22. The van der Waals surface area contributed by atoms with Gasteiger partial charge < -0.3 is 5.73 Å². The van der Waals surface area contributed by atoms with Crippen molar-refractivity contribution in [1.82, 2.24) is 9.21 Å². The van der Waals surface area contributed by atoms with E-state index in [4.69, 9.17) is 18.0 Å². The van der Waals surface area contributed by atoms with E-state index in [1.807, 2.05) is 0 Å². The van der Waals surface area contributed by atoms with Crippen LogP contribution in [0.15, 0.2) is 0 Å². The number of likely N-dealkylation sites (tertiary alicyclic amines) is 1. The number of rotatable bonds is 4. The molecule has 0 bridgehead atoms. The summed E-state index contributed by atoms with van der Waals surface area (Å²) in [6, 6.07) is 0.381. The molecule has 0 amide bonds. The van der Waals surface area contributed by atoms with E-state index in [0.717, 1.165) is 19.5 Å². The Morgan fingerprint density at radius 2 is 1.89 bits per heavy atom. The van der Waals surface area contributed by atoms with Gasteiger partial charge in [0.15, 0.2) is 0 Å². The fourth-order valence-corrected chi connectivity index (χ4v) is 4.59. The maximum atomic E-state index is 12.0. The fraction of sp³-hybridized carbons (Fsp3) is 0.909. The van der Waals surface area contributed by atoms with Crippen LogP contribution in [0.3, 0.4) is 0 Å². The number of hydrogen-bond acceptors (Lipinski definition) is 4. The van der Waals surface area contributed by atoms with Gasteiger partial charge in [0.05, 0.1) is 4.99 Å². The van der Waals surface area contributed by atoms with Crippen molar-refractivity contribution in [2.24, 2.45) is 5.73 Å². The van der Waals surface area contributed by atoms with Gasteiger partial charge in [0.1, 0.15) is 5.75 Å². The van der Waals surface area contributed by atoms with Gasteiger partial charge in [-0.05, 0) is 32.4 Å². The molecule has 1 atom stereocenters. The molecular formula is C11H21N3O2S2. The van der Waals surface area contributed by atoms with E-state index in [0.29, 0.717) is 19.1 Å². The van der Waals surface area contributed by atoms with Gasteiger partial charge in [0.2, 0.25) is 10.0 Å². The molecule has 5 nitrogen and oxygen atoms in total. The predicted molar refractivity (Wildman–Crippen MR) is 76.0 cm³/mol. The van der Waals surface area contributed by atoms with E-state index in [9.17, 15) is 8.42 Å². The molecule has 2 aliphatic heterocycles. The fourth-order valence-electron chi connectivity index (χ4n) is 2.82. The Kier molecular flexibility index (Phi) is 4.58. The summed E-state index contributed by atoms with van der Waals surface area (Å²) in [5.41, 5.74) is 5.34. The summed E-state index contributed by atoms with van der Waals surface area (Å²) < 4.78 is 25.6.